The summed E-state index contributed by atoms with van der Waals surface area (Å²) in [6, 6.07) is 5.36. The van der Waals surface area contributed by atoms with Crippen LogP contribution in [0.3, 0.4) is 0 Å². The zero-order chi connectivity index (χ0) is 18.4. The number of β-lactam (4-membered cyclic amide) rings is 1. The number of amides is 1. The molecular formula is C16H18N2O7. The van der Waals surface area contributed by atoms with Gasteiger partial charge in [0.05, 0.1) is 14.2 Å². The Morgan fingerprint density at radius 3 is 2.24 bits per heavy atom. The Labute approximate surface area is 143 Å². The SMILES string of the molecule is COC(=O)C(NC1C(=O)NC1C(=O)OCc1ccccc1)C(=O)OC. The lowest BCUT2D eigenvalue weighted by Crippen LogP contribution is -2.73. The summed E-state index contributed by atoms with van der Waals surface area (Å²) in [5, 5.41) is 4.84. The molecule has 0 bridgehead atoms. The van der Waals surface area contributed by atoms with E-state index in [4.69, 9.17) is 4.74 Å². The third kappa shape index (κ3) is 4.32. The second-order valence-corrected chi connectivity index (χ2v) is 5.20. The van der Waals surface area contributed by atoms with Crippen LogP contribution < -0.4 is 10.6 Å². The zero-order valence-corrected chi connectivity index (χ0v) is 13.7. The minimum absolute atomic E-state index is 0.0379. The molecule has 2 unspecified atom stereocenters. The van der Waals surface area contributed by atoms with Crippen LogP contribution in [0.2, 0.25) is 0 Å². The molecule has 0 aromatic heterocycles. The van der Waals surface area contributed by atoms with Crippen molar-refractivity contribution in [2.24, 2.45) is 0 Å². The number of carbonyl (C=O) groups is 4. The molecule has 0 aliphatic carbocycles. The van der Waals surface area contributed by atoms with E-state index in [1.165, 1.54) is 0 Å². The summed E-state index contributed by atoms with van der Waals surface area (Å²) in [7, 11) is 2.18. The molecule has 1 heterocycles. The summed E-state index contributed by atoms with van der Waals surface area (Å²) in [6.07, 6.45) is 0. The van der Waals surface area contributed by atoms with Gasteiger partial charge in [-0.05, 0) is 5.56 Å². The molecule has 1 fully saturated rings. The maximum absolute atomic E-state index is 12.1. The second kappa shape index (κ2) is 8.25. The monoisotopic (exact) mass is 350 g/mol. The molecule has 1 aromatic rings. The standard InChI is InChI=1S/C16H18N2O7/c1-23-14(20)12(15(21)24-2)17-10-11(18-13(10)19)16(22)25-8-9-6-4-3-5-7-9/h3-7,10-12,17H,8H2,1-2H3,(H,18,19). The van der Waals surface area contributed by atoms with Crippen LogP contribution in [0.5, 0.6) is 0 Å². The summed E-state index contributed by atoms with van der Waals surface area (Å²) < 4.78 is 14.1. The number of nitrogens with one attached hydrogen (secondary N) is 2. The second-order valence-electron chi connectivity index (χ2n) is 5.20. The van der Waals surface area contributed by atoms with Crippen molar-refractivity contribution in [1.82, 2.24) is 10.6 Å². The predicted octanol–water partition coefficient (Wildman–Crippen LogP) is -1.10. The summed E-state index contributed by atoms with van der Waals surface area (Å²) in [5.41, 5.74) is 0.785. The first-order valence-electron chi connectivity index (χ1n) is 7.40. The highest BCUT2D eigenvalue weighted by Crippen LogP contribution is 2.12. The zero-order valence-electron chi connectivity index (χ0n) is 13.7. The highest BCUT2D eigenvalue weighted by molar-refractivity contribution is 6.03. The predicted molar refractivity (Wildman–Crippen MR) is 82.9 cm³/mol. The largest absolute Gasteiger partial charge is 0.467 e. The van der Waals surface area contributed by atoms with E-state index in [1.807, 2.05) is 6.07 Å². The highest BCUT2D eigenvalue weighted by atomic mass is 16.5. The molecule has 134 valence electrons. The van der Waals surface area contributed by atoms with Gasteiger partial charge in [-0.2, -0.15) is 0 Å². The van der Waals surface area contributed by atoms with E-state index >= 15 is 0 Å². The highest BCUT2D eigenvalue weighted by Gasteiger charge is 2.48. The van der Waals surface area contributed by atoms with Gasteiger partial charge in [0.25, 0.3) is 0 Å². The lowest BCUT2D eigenvalue weighted by atomic mass is 9.98. The van der Waals surface area contributed by atoms with Gasteiger partial charge in [-0.3, -0.25) is 10.1 Å². The van der Waals surface area contributed by atoms with E-state index < -0.39 is 41.9 Å². The summed E-state index contributed by atoms with van der Waals surface area (Å²) in [6.45, 7) is 0.0379. The molecule has 1 aromatic carbocycles. The van der Waals surface area contributed by atoms with Gasteiger partial charge in [-0.25, -0.2) is 14.4 Å². The molecule has 25 heavy (non-hydrogen) atoms. The Morgan fingerprint density at radius 2 is 1.72 bits per heavy atom. The van der Waals surface area contributed by atoms with Crippen LogP contribution in [0.25, 0.3) is 0 Å². The van der Waals surface area contributed by atoms with Crippen LogP contribution >= 0.6 is 0 Å². The minimum Gasteiger partial charge on any atom is -0.467 e. The van der Waals surface area contributed by atoms with Crippen LogP contribution in [-0.4, -0.2) is 56.2 Å². The average Bonchev–Trinajstić information content (AvgIpc) is 2.64. The van der Waals surface area contributed by atoms with E-state index in [1.54, 1.807) is 24.3 Å². The molecule has 9 heteroatoms. The van der Waals surface area contributed by atoms with Crippen LogP contribution in [0.15, 0.2) is 30.3 Å². The number of esters is 3. The number of carbonyl (C=O) groups excluding carboxylic acids is 4. The first-order chi connectivity index (χ1) is 12.0. The van der Waals surface area contributed by atoms with E-state index in [-0.39, 0.29) is 6.61 Å². The van der Waals surface area contributed by atoms with Crippen molar-refractivity contribution >= 4 is 23.8 Å². The number of ether oxygens (including phenoxy) is 3. The van der Waals surface area contributed by atoms with Crippen molar-refractivity contribution in [2.75, 3.05) is 14.2 Å². The summed E-state index contributed by atoms with van der Waals surface area (Å²) in [5.74, 6) is -3.08. The quantitative estimate of drug-likeness (QED) is 0.275. The normalized spacial score (nSPS) is 18.8. The molecule has 0 radical (unpaired) electrons. The molecule has 2 rings (SSSR count). The molecule has 1 saturated heterocycles. The van der Waals surface area contributed by atoms with E-state index in [0.717, 1.165) is 19.8 Å². The van der Waals surface area contributed by atoms with Crippen molar-refractivity contribution in [3.05, 3.63) is 35.9 Å². The molecule has 1 amide bonds. The Bertz CT molecular complexity index is 646. The topological polar surface area (TPSA) is 120 Å². The van der Waals surface area contributed by atoms with Gasteiger partial charge in [0.15, 0.2) is 6.04 Å². The van der Waals surface area contributed by atoms with Gasteiger partial charge >= 0.3 is 17.9 Å². The number of hydrogen-bond acceptors (Lipinski definition) is 8. The van der Waals surface area contributed by atoms with Crippen LogP contribution in [0.4, 0.5) is 0 Å². The third-order valence-electron chi connectivity index (χ3n) is 3.61. The molecule has 0 spiro atoms. The Hall–Kier alpha value is -2.94. The maximum atomic E-state index is 12.1. The molecule has 0 saturated carbocycles. The minimum atomic E-state index is -1.52. The average molecular weight is 350 g/mol. The first-order valence-corrected chi connectivity index (χ1v) is 7.40. The van der Waals surface area contributed by atoms with Crippen LogP contribution in [0, 0.1) is 0 Å². The number of hydrogen-bond donors (Lipinski definition) is 2. The Balaban J connectivity index is 1.97. The summed E-state index contributed by atoms with van der Waals surface area (Å²) >= 11 is 0. The van der Waals surface area contributed by atoms with Gasteiger partial charge in [-0.1, -0.05) is 30.3 Å². The Morgan fingerprint density at radius 1 is 1.12 bits per heavy atom. The fraction of sp³-hybridized carbons (Fsp3) is 0.375. The number of benzene rings is 1. The van der Waals surface area contributed by atoms with E-state index in [9.17, 15) is 19.2 Å². The van der Waals surface area contributed by atoms with Crippen LogP contribution in [-0.2, 0) is 40.0 Å². The van der Waals surface area contributed by atoms with Crippen LogP contribution in [0.1, 0.15) is 5.56 Å². The van der Waals surface area contributed by atoms with Gasteiger partial charge in [0.2, 0.25) is 11.9 Å². The number of rotatable bonds is 7. The van der Waals surface area contributed by atoms with Crippen molar-refractivity contribution < 1.29 is 33.4 Å². The Kier molecular flexibility index (Phi) is 6.07. The van der Waals surface area contributed by atoms with Crippen molar-refractivity contribution in [3.63, 3.8) is 0 Å². The van der Waals surface area contributed by atoms with Gasteiger partial charge in [-0.15, -0.1) is 0 Å². The van der Waals surface area contributed by atoms with E-state index in [0.29, 0.717) is 0 Å². The lowest BCUT2D eigenvalue weighted by molar-refractivity contribution is -0.161. The fourth-order valence-electron chi connectivity index (χ4n) is 2.21. The van der Waals surface area contributed by atoms with E-state index in [2.05, 4.69) is 20.1 Å². The van der Waals surface area contributed by atoms with Gasteiger partial charge in [0.1, 0.15) is 12.6 Å². The molecular weight excluding hydrogens is 332 g/mol. The molecule has 1 aliphatic heterocycles. The molecule has 2 N–H and O–H groups in total. The van der Waals surface area contributed by atoms with Gasteiger partial charge < -0.3 is 19.5 Å². The number of methoxy groups -OCH3 is 2. The molecule has 1 aliphatic rings. The smallest absolute Gasteiger partial charge is 0.334 e. The summed E-state index contributed by atoms with van der Waals surface area (Å²) in [4.78, 5) is 47.1. The maximum Gasteiger partial charge on any atom is 0.334 e. The lowest BCUT2D eigenvalue weighted by Gasteiger charge is -2.36. The van der Waals surface area contributed by atoms with Gasteiger partial charge in [0, 0.05) is 0 Å². The molecule has 9 nitrogen and oxygen atoms in total. The fourth-order valence-corrected chi connectivity index (χ4v) is 2.21. The third-order valence-corrected chi connectivity index (χ3v) is 3.61. The van der Waals surface area contributed by atoms with Crippen molar-refractivity contribution in [3.8, 4) is 0 Å². The van der Waals surface area contributed by atoms with Crippen molar-refractivity contribution in [1.29, 1.82) is 0 Å². The van der Waals surface area contributed by atoms with Crippen molar-refractivity contribution in [2.45, 2.75) is 24.7 Å². The molecule has 2 atom stereocenters. The first kappa shape index (κ1) is 18.4.